The van der Waals surface area contributed by atoms with Crippen molar-refractivity contribution in [3.05, 3.63) is 0 Å². The second kappa shape index (κ2) is 2.68. The lowest BCUT2D eigenvalue weighted by molar-refractivity contribution is 0.297. The van der Waals surface area contributed by atoms with E-state index in [0.29, 0.717) is 0 Å². The average molecular weight is 228 g/mol. The van der Waals surface area contributed by atoms with Crippen LogP contribution in [0.25, 0.3) is 0 Å². The Hall–Kier alpha value is -0.140. The molecule has 0 spiro atoms. The summed E-state index contributed by atoms with van der Waals surface area (Å²) >= 11 is 0. The summed E-state index contributed by atoms with van der Waals surface area (Å²) in [5, 5.41) is 7.56. The molecule has 1 heterocycles. The lowest BCUT2D eigenvalue weighted by atomic mass is 10.5. The maximum Gasteiger partial charge on any atom is 0.175 e. The number of rotatable bonds is 1. The van der Waals surface area contributed by atoms with E-state index in [1.54, 1.807) is 0 Å². The maximum absolute atomic E-state index is 11.5. The zero-order valence-corrected chi connectivity index (χ0v) is 9.02. The smallest absolute Gasteiger partial charge is 0.175 e. The third-order valence-corrected chi connectivity index (χ3v) is 9.05. The molecule has 1 fully saturated rings. The molecule has 1 rings (SSSR count). The Labute approximate surface area is 77.6 Å². The van der Waals surface area contributed by atoms with Crippen LogP contribution in [0, 0.1) is 0 Å². The molecule has 1 aliphatic heterocycles. The summed E-state index contributed by atoms with van der Waals surface area (Å²) in [5.74, 6) is -0.473. The summed E-state index contributed by atoms with van der Waals surface area (Å²) in [7, 11) is -7.40. The van der Waals surface area contributed by atoms with Gasteiger partial charge in [0.05, 0.1) is 17.6 Å². The molecule has 0 radical (unpaired) electrons. The van der Waals surface area contributed by atoms with E-state index < -0.39 is 41.4 Å². The van der Waals surface area contributed by atoms with Crippen LogP contribution >= 0.6 is 0 Å². The zero-order valence-electron chi connectivity index (χ0n) is 7.39. The third kappa shape index (κ3) is 1.21. The lowest BCUT2D eigenvalue weighted by Gasteiger charge is -2.16. The van der Waals surface area contributed by atoms with Crippen molar-refractivity contribution in [1.29, 1.82) is 0 Å². The molecular formula is C6H12O5S2. The molecule has 0 aromatic rings. The summed E-state index contributed by atoms with van der Waals surface area (Å²) in [6.45, 7) is 1.69. The van der Waals surface area contributed by atoms with Gasteiger partial charge in [0.2, 0.25) is 0 Å². The summed E-state index contributed by atoms with van der Waals surface area (Å²) in [4.78, 5) is 0. The Morgan fingerprint density at radius 3 is 1.92 bits per heavy atom. The standard InChI is InChI=1S/C6H12O5S2/c1-6(2)12(8,9)4-5(3-7)13(6,10)11/h5,7H,3-4H2,1-2H3. The fourth-order valence-electron chi connectivity index (χ4n) is 1.26. The molecule has 0 amide bonds. The number of aliphatic hydroxyl groups is 1. The van der Waals surface area contributed by atoms with Crippen molar-refractivity contribution in [2.45, 2.75) is 23.2 Å². The molecular weight excluding hydrogens is 216 g/mol. The van der Waals surface area contributed by atoms with Gasteiger partial charge >= 0.3 is 0 Å². The molecule has 0 aliphatic carbocycles. The second-order valence-corrected chi connectivity index (χ2v) is 9.15. The minimum Gasteiger partial charge on any atom is -0.395 e. The Morgan fingerprint density at radius 2 is 1.77 bits per heavy atom. The van der Waals surface area contributed by atoms with Gasteiger partial charge in [0, 0.05) is 0 Å². The van der Waals surface area contributed by atoms with Gasteiger partial charge < -0.3 is 5.11 Å². The molecule has 0 aromatic heterocycles. The molecule has 1 aliphatic rings. The fourth-order valence-corrected chi connectivity index (χ4v) is 6.54. The molecule has 1 atom stereocenters. The summed E-state index contributed by atoms with van der Waals surface area (Å²) in [6.07, 6.45) is 0. The van der Waals surface area contributed by atoms with Crippen molar-refractivity contribution >= 4 is 19.7 Å². The van der Waals surface area contributed by atoms with Crippen molar-refractivity contribution in [2.75, 3.05) is 12.4 Å². The van der Waals surface area contributed by atoms with Crippen LogP contribution < -0.4 is 0 Å². The summed E-state index contributed by atoms with van der Waals surface area (Å²) in [5.41, 5.74) is 0. The van der Waals surface area contributed by atoms with Crippen molar-refractivity contribution in [3.63, 3.8) is 0 Å². The molecule has 1 saturated heterocycles. The number of hydrogen-bond donors (Lipinski definition) is 1. The number of sulfone groups is 2. The maximum atomic E-state index is 11.5. The summed E-state index contributed by atoms with van der Waals surface area (Å²) < 4.78 is 44.0. The molecule has 78 valence electrons. The van der Waals surface area contributed by atoms with Gasteiger partial charge in [0.25, 0.3) is 0 Å². The lowest BCUT2D eigenvalue weighted by Crippen LogP contribution is -2.36. The van der Waals surface area contributed by atoms with E-state index in [1.807, 2.05) is 0 Å². The van der Waals surface area contributed by atoms with E-state index in [1.165, 1.54) is 0 Å². The highest BCUT2D eigenvalue weighted by molar-refractivity contribution is 8.13. The first-order chi connectivity index (χ1) is 5.67. The van der Waals surface area contributed by atoms with Crippen molar-refractivity contribution in [2.24, 2.45) is 0 Å². The number of hydrogen-bond acceptors (Lipinski definition) is 5. The largest absolute Gasteiger partial charge is 0.395 e. The summed E-state index contributed by atoms with van der Waals surface area (Å²) in [6, 6.07) is 0. The molecule has 5 nitrogen and oxygen atoms in total. The molecule has 0 saturated carbocycles. The monoisotopic (exact) mass is 228 g/mol. The SMILES string of the molecule is CC1(C)S(=O)(=O)CC(CO)S1(=O)=O. The van der Waals surface area contributed by atoms with E-state index in [-0.39, 0.29) is 0 Å². The normalized spacial score (nSPS) is 34.5. The fraction of sp³-hybridized carbons (Fsp3) is 1.00. The molecule has 1 N–H and O–H groups in total. The first-order valence-corrected chi connectivity index (χ1v) is 6.93. The van der Waals surface area contributed by atoms with Crippen LogP contribution in [-0.2, 0) is 19.7 Å². The topological polar surface area (TPSA) is 88.5 Å². The molecule has 0 aromatic carbocycles. The van der Waals surface area contributed by atoms with Gasteiger partial charge in [-0.3, -0.25) is 0 Å². The highest BCUT2D eigenvalue weighted by Crippen LogP contribution is 2.36. The quantitative estimate of drug-likeness (QED) is 0.617. The Balaban J connectivity index is 3.42. The third-order valence-electron chi connectivity index (χ3n) is 2.48. The van der Waals surface area contributed by atoms with Crippen LogP contribution in [0.2, 0.25) is 0 Å². The van der Waals surface area contributed by atoms with E-state index in [9.17, 15) is 16.8 Å². The first-order valence-electron chi connectivity index (χ1n) is 3.73. The van der Waals surface area contributed by atoms with Gasteiger partial charge in [0.1, 0.15) is 0 Å². The predicted molar refractivity (Wildman–Crippen MR) is 47.7 cm³/mol. The second-order valence-electron chi connectivity index (χ2n) is 3.53. The molecule has 13 heavy (non-hydrogen) atoms. The van der Waals surface area contributed by atoms with Crippen LogP contribution in [0.4, 0.5) is 0 Å². The van der Waals surface area contributed by atoms with Gasteiger partial charge in [-0.25, -0.2) is 16.8 Å². The van der Waals surface area contributed by atoms with Gasteiger partial charge in [-0.05, 0) is 13.8 Å². The predicted octanol–water partition coefficient (Wildman–Crippen LogP) is -1.07. The first kappa shape index (κ1) is 10.9. The Kier molecular flexibility index (Phi) is 2.25. The van der Waals surface area contributed by atoms with Crippen molar-refractivity contribution in [3.8, 4) is 0 Å². The van der Waals surface area contributed by atoms with Crippen LogP contribution in [-0.4, -0.2) is 43.6 Å². The molecule has 1 unspecified atom stereocenters. The highest BCUT2D eigenvalue weighted by atomic mass is 32.3. The van der Waals surface area contributed by atoms with Gasteiger partial charge in [0.15, 0.2) is 23.8 Å². The minimum absolute atomic E-state index is 0.473. The van der Waals surface area contributed by atoms with E-state index in [0.717, 1.165) is 13.8 Å². The van der Waals surface area contributed by atoms with E-state index in [2.05, 4.69) is 0 Å². The van der Waals surface area contributed by atoms with Crippen LogP contribution in [0.3, 0.4) is 0 Å². The van der Waals surface area contributed by atoms with Crippen LogP contribution in [0.15, 0.2) is 0 Å². The minimum atomic E-state index is -3.76. The average Bonchev–Trinajstić information content (AvgIpc) is 2.08. The van der Waals surface area contributed by atoms with E-state index in [4.69, 9.17) is 5.11 Å². The van der Waals surface area contributed by atoms with Crippen LogP contribution in [0.1, 0.15) is 13.8 Å². The number of aliphatic hydroxyl groups excluding tert-OH is 1. The van der Waals surface area contributed by atoms with Crippen molar-refractivity contribution in [1.82, 2.24) is 0 Å². The van der Waals surface area contributed by atoms with E-state index >= 15 is 0 Å². The van der Waals surface area contributed by atoms with Crippen molar-refractivity contribution < 1.29 is 21.9 Å². The Bertz CT molecular complexity index is 402. The highest BCUT2D eigenvalue weighted by Gasteiger charge is 2.57. The zero-order chi connectivity index (χ0) is 10.5. The van der Waals surface area contributed by atoms with Gasteiger partial charge in [-0.15, -0.1) is 0 Å². The van der Waals surface area contributed by atoms with Gasteiger partial charge in [-0.1, -0.05) is 0 Å². The van der Waals surface area contributed by atoms with Gasteiger partial charge in [-0.2, -0.15) is 0 Å². The Morgan fingerprint density at radius 1 is 1.31 bits per heavy atom. The molecule has 0 bridgehead atoms. The molecule has 7 heteroatoms. The van der Waals surface area contributed by atoms with Crippen LogP contribution in [0.5, 0.6) is 0 Å².